The Morgan fingerprint density at radius 3 is 2.34 bits per heavy atom. The fourth-order valence-corrected chi connectivity index (χ4v) is 4.00. The van der Waals surface area contributed by atoms with E-state index in [2.05, 4.69) is 0 Å². The van der Waals surface area contributed by atoms with Crippen LogP contribution in [-0.2, 0) is 30.4 Å². The Kier molecular flexibility index (Phi) is 7.64. The number of carbonyl (C=O) groups excluding carboxylic acids is 2. The highest BCUT2D eigenvalue weighted by Gasteiger charge is 2.49. The molecule has 1 N–H and O–H groups in total. The van der Waals surface area contributed by atoms with Gasteiger partial charge in [-0.1, -0.05) is 30.3 Å². The molecule has 1 unspecified atom stereocenters. The molecule has 0 amide bonds. The van der Waals surface area contributed by atoms with E-state index >= 15 is 0 Å². The van der Waals surface area contributed by atoms with E-state index in [1.807, 2.05) is 30.3 Å². The Bertz CT molecular complexity index is 667. The van der Waals surface area contributed by atoms with Crippen LogP contribution in [0.5, 0.6) is 0 Å². The standard InChI is InChI=1S/C22H31NO6/c1-2-27-20(24)18-10-12-19(13-11-18)29-22(26,23-14-6-7-15-23)21(25)28-16-17-8-4-3-5-9-17/h3-5,8-9,18-19,26H,2,6-7,10-16H2,1H3. The quantitative estimate of drug-likeness (QED) is 0.526. The molecule has 1 atom stereocenters. The second-order valence-corrected chi connectivity index (χ2v) is 7.71. The number of ether oxygens (including phenoxy) is 3. The zero-order chi connectivity index (χ0) is 20.7. The fourth-order valence-electron chi connectivity index (χ4n) is 4.00. The summed E-state index contributed by atoms with van der Waals surface area (Å²) in [5.74, 6) is -3.19. The second-order valence-electron chi connectivity index (χ2n) is 7.71. The van der Waals surface area contributed by atoms with E-state index in [0.29, 0.717) is 45.4 Å². The van der Waals surface area contributed by atoms with Crippen LogP contribution in [0.3, 0.4) is 0 Å². The molecule has 1 aromatic rings. The third kappa shape index (κ3) is 5.56. The minimum absolute atomic E-state index is 0.0782. The number of benzene rings is 1. The molecule has 1 aromatic carbocycles. The Morgan fingerprint density at radius 2 is 1.72 bits per heavy atom. The van der Waals surface area contributed by atoms with Gasteiger partial charge < -0.3 is 19.3 Å². The van der Waals surface area contributed by atoms with Gasteiger partial charge in [0.25, 0.3) is 0 Å². The Balaban J connectivity index is 1.61. The molecular weight excluding hydrogens is 374 g/mol. The average Bonchev–Trinajstić information content (AvgIpc) is 3.29. The van der Waals surface area contributed by atoms with Crippen LogP contribution in [0, 0.1) is 5.92 Å². The molecular formula is C22H31NO6. The van der Waals surface area contributed by atoms with Crippen molar-refractivity contribution >= 4 is 11.9 Å². The molecule has 1 aliphatic carbocycles. The van der Waals surface area contributed by atoms with Gasteiger partial charge in [0.2, 0.25) is 0 Å². The van der Waals surface area contributed by atoms with Crippen molar-refractivity contribution in [1.29, 1.82) is 0 Å². The summed E-state index contributed by atoms with van der Waals surface area (Å²) in [6.07, 6.45) is 3.91. The predicted molar refractivity (Wildman–Crippen MR) is 105 cm³/mol. The molecule has 1 saturated heterocycles. The Labute approximate surface area is 171 Å². The van der Waals surface area contributed by atoms with Gasteiger partial charge in [-0.2, -0.15) is 0 Å². The first-order valence-electron chi connectivity index (χ1n) is 10.6. The minimum atomic E-state index is -2.09. The lowest BCUT2D eigenvalue weighted by molar-refractivity contribution is -0.305. The van der Waals surface area contributed by atoms with Gasteiger partial charge in [0.05, 0.1) is 18.6 Å². The van der Waals surface area contributed by atoms with Crippen molar-refractivity contribution in [3.8, 4) is 0 Å². The van der Waals surface area contributed by atoms with E-state index in [0.717, 1.165) is 18.4 Å². The molecule has 1 aliphatic heterocycles. The molecule has 0 aromatic heterocycles. The molecule has 1 heterocycles. The molecule has 0 bridgehead atoms. The lowest BCUT2D eigenvalue weighted by Crippen LogP contribution is -2.58. The molecule has 1 saturated carbocycles. The highest BCUT2D eigenvalue weighted by molar-refractivity contribution is 5.77. The summed E-state index contributed by atoms with van der Waals surface area (Å²) in [7, 11) is 0. The van der Waals surface area contributed by atoms with Gasteiger partial charge in [-0.15, -0.1) is 0 Å². The van der Waals surface area contributed by atoms with Crippen LogP contribution in [-0.4, -0.2) is 53.7 Å². The third-order valence-electron chi connectivity index (χ3n) is 5.64. The smallest absolute Gasteiger partial charge is 0.384 e. The maximum absolute atomic E-state index is 12.8. The minimum Gasteiger partial charge on any atom is -0.466 e. The summed E-state index contributed by atoms with van der Waals surface area (Å²) in [4.78, 5) is 26.4. The van der Waals surface area contributed by atoms with E-state index in [-0.39, 0.29) is 24.6 Å². The Hall–Kier alpha value is -1.96. The van der Waals surface area contributed by atoms with Crippen molar-refractivity contribution in [3.05, 3.63) is 35.9 Å². The number of hydrogen-bond donors (Lipinski definition) is 1. The van der Waals surface area contributed by atoms with Crippen LogP contribution < -0.4 is 0 Å². The highest BCUT2D eigenvalue weighted by Crippen LogP contribution is 2.32. The third-order valence-corrected chi connectivity index (χ3v) is 5.64. The molecule has 29 heavy (non-hydrogen) atoms. The second kappa shape index (κ2) is 10.2. The predicted octanol–water partition coefficient (Wildman–Crippen LogP) is 2.61. The van der Waals surface area contributed by atoms with Crippen molar-refractivity contribution < 1.29 is 28.9 Å². The number of hydrogen-bond acceptors (Lipinski definition) is 7. The van der Waals surface area contributed by atoms with E-state index < -0.39 is 11.9 Å². The van der Waals surface area contributed by atoms with Crippen LogP contribution >= 0.6 is 0 Å². The lowest BCUT2D eigenvalue weighted by Gasteiger charge is -2.38. The van der Waals surface area contributed by atoms with E-state index in [1.165, 1.54) is 0 Å². The first kappa shape index (κ1) is 21.7. The molecule has 7 heteroatoms. The van der Waals surface area contributed by atoms with E-state index in [9.17, 15) is 14.7 Å². The van der Waals surface area contributed by atoms with Crippen molar-refractivity contribution in [2.45, 2.75) is 64.1 Å². The summed E-state index contributed by atoms with van der Waals surface area (Å²) in [5.41, 5.74) is 0.847. The Morgan fingerprint density at radius 1 is 1.07 bits per heavy atom. The number of nitrogens with zero attached hydrogens (tertiary/aromatic N) is 1. The SMILES string of the molecule is CCOC(=O)C1CCC(OC(O)(C(=O)OCc2ccccc2)N2CCCC2)CC1. The van der Waals surface area contributed by atoms with Crippen LogP contribution in [0.25, 0.3) is 0 Å². The lowest BCUT2D eigenvalue weighted by atomic mass is 9.87. The molecule has 7 nitrogen and oxygen atoms in total. The van der Waals surface area contributed by atoms with Gasteiger partial charge in [-0.05, 0) is 51.0 Å². The number of rotatable bonds is 8. The topological polar surface area (TPSA) is 85.3 Å². The van der Waals surface area contributed by atoms with E-state index in [4.69, 9.17) is 14.2 Å². The average molecular weight is 405 g/mol. The summed E-state index contributed by atoms with van der Waals surface area (Å²) in [5, 5.41) is 11.2. The first-order valence-corrected chi connectivity index (χ1v) is 10.6. The van der Waals surface area contributed by atoms with Gasteiger partial charge >= 0.3 is 17.8 Å². The largest absolute Gasteiger partial charge is 0.466 e. The van der Waals surface area contributed by atoms with Gasteiger partial charge in [0, 0.05) is 13.1 Å². The van der Waals surface area contributed by atoms with Crippen molar-refractivity contribution in [3.63, 3.8) is 0 Å². The number of likely N-dealkylation sites (tertiary alicyclic amines) is 1. The summed E-state index contributed by atoms with van der Waals surface area (Å²) >= 11 is 0. The van der Waals surface area contributed by atoms with Crippen molar-refractivity contribution in [1.82, 2.24) is 4.90 Å². The summed E-state index contributed by atoms with van der Waals surface area (Å²) in [6, 6.07) is 9.35. The molecule has 0 radical (unpaired) electrons. The first-order chi connectivity index (χ1) is 14.0. The normalized spacial score (nSPS) is 24.6. The number of carbonyl (C=O) groups is 2. The number of aliphatic hydroxyl groups is 1. The van der Waals surface area contributed by atoms with E-state index in [1.54, 1.807) is 11.8 Å². The number of esters is 2. The van der Waals surface area contributed by atoms with Crippen molar-refractivity contribution in [2.75, 3.05) is 19.7 Å². The highest BCUT2D eigenvalue weighted by atomic mass is 16.7. The fraction of sp³-hybridized carbons (Fsp3) is 0.636. The molecule has 160 valence electrons. The van der Waals surface area contributed by atoms with Crippen LogP contribution in [0.1, 0.15) is 51.0 Å². The van der Waals surface area contributed by atoms with Gasteiger partial charge in [0.1, 0.15) is 6.61 Å². The molecule has 2 fully saturated rings. The van der Waals surface area contributed by atoms with Gasteiger partial charge in [-0.3, -0.25) is 4.79 Å². The van der Waals surface area contributed by atoms with Gasteiger partial charge in [0.15, 0.2) is 0 Å². The van der Waals surface area contributed by atoms with Gasteiger partial charge in [-0.25, -0.2) is 9.69 Å². The zero-order valence-corrected chi connectivity index (χ0v) is 17.0. The monoisotopic (exact) mass is 405 g/mol. The summed E-state index contributed by atoms with van der Waals surface area (Å²) < 4.78 is 16.5. The van der Waals surface area contributed by atoms with Crippen LogP contribution in [0.2, 0.25) is 0 Å². The maximum atomic E-state index is 12.8. The van der Waals surface area contributed by atoms with Crippen LogP contribution in [0.4, 0.5) is 0 Å². The van der Waals surface area contributed by atoms with Crippen LogP contribution in [0.15, 0.2) is 30.3 Å². The molecule has 3 rings (SSSR count). The van der Waals surface area contributed by atoms with Crippen molar-refractivity contribution in [2.24, 2.45) is 5.92 Å². The molecule has 0 spiro atoms. The summed E-state index contributed by atoms with van der Waals surface area (Å²) in [6.45, 7) is 3.40. The maximum Gasteiger partial charge on any atom is 0.384 e. The zero-order valence-electron chi connectivity index (χ0n) is 17.0. The molecule has 2 aliphatic rings.